The molecule has 3 heteroatoms. The summed E-state index contributed by atoms with van der Waals surface area (Å²) >= 11 is 0. The first kappa shape index (κ1) is 16.1. The van der Waals surface area contributed by atoms with Gasteiger partial charge in [0.05, 0.1) is 0 Å². The van der Waals surface area contributed by atoms with E-state index in [0.717, 1.165) is 33.7 Å². The van der Waals surface area contributed by atoms with Crippen molar-refractivity contribution >= 4 is 11.6 Å². The normalized spacial score (nSPS) is 11.9. The Bertz CT molecular complexity index is 672. The van der Waals surface area contributed by atoms with E-state index in [-0.39, 0.29) is 5.91 Å². The van der Waals surface area contributed by atoms with Crippen molar-refractivity contribution in [1.82, 2.24) is 0 Å². The number of amides is 1. The van der Waals surface area contributed by atoms with Gasteiger partial charge in [-0.2, -0.15) is 0 Å². The van der Waals surface area contributed by atoms with Crippen molar-refractivity contribution in [3.05, 3.63) is 58.7 Å². The lowest BCUT2D eigenvalue weighted by Gasteiger charge is -2.18. The number of carbonyl (C=O) groups is 1. The third-order valence-corrected chi connectivity index (χ3v) is 3.72. The Morgan fingerprint density at radius 1 is 1.00 bits per heavy atom. The van der Waals surface area contributed by atoms with Crippen LogP contribution in [0, 0.1) is 27.7 Å². The number of para-hydroxylation sites is 1. The fourth-order valence-corrected chi connectivity index (χ4v) is 2.32. The maximum absolute atomic E-state index is 12.4. The van der Waals surface area contributed by atoms with Crippen molar-refractivity contribution < 1.29 is 9.53 Å². The maximum atomic E-state index is 12.4. The van der Waals surface area contributed by atoms with E-state index in [4.69, 9.17) is 4.74 Å². The molecule has 0 saturated carbocycles. The molecule has 2 aromatic carbocycles. The second-order valence-corrected chi connectivity index (χ2v) is 5.79. The van der Waals surface area contributed by atoms with Crippen molar-refractivity contribution in [2.45, 2.75) is 40.7 Å². The van der Waals surface area contributed by atoms with E-state index in [0.29, 0.717) is 0 Å². The molecule has 0 aliphatic heterocycles. The highest BCUT2D eigenvalue weighted by Crippen LogP contribution is 2.24. The first-order valence-electron chi connectivity index (χ1n) is 7.49. The zero-order valence-corrected chi connectivity index (χ0v) is 13.9. The lowest BCUT2D eigenvalue weighted by Crippen LogP contribution is -2.30. The van der Waals surface area contributed by atoms with Crippen LogP contribution in [0.1, 0.15) is 29.2 Å². The Morgan fingerprint density at radius 2 is 1.64 bits per heavy atom. The van der Waals surface area contributed by atoms with E-state index >= 15 is 0 Å². The van der Waals surface area contributed by atoms with Crippen LogP contribution in [0.2, 0.25) is 0 Å². The lowest BCUT2D eigenvalue weighted by molar-refractivity contribution is -0.122. The third-order valence-electron chi connectivity index (χ3n) is 3.72. The molecule has 0 radical (unpaired) electrons. The summed E-state index contributed by atoms with van der Waals surface area (Å²) < 4.78 is 5.87. The topological polar surface area (TPSA) is 38.3 Å². The number of rotatable bonds is 4. The van der Waals surface area contributed by atoms with E-state index < -0.39 is 6.10 Å². The van der Waals surface area contributed by atoms with Gasteiger partial charge in [0.15, 0.2) is 6.10 Å². The van der Waals surface area contributed by atoms with E-state index in [1.807, 2.05) is 64.1 Å². The summed E-state index contributed by atoms with van der Waals surface area (Å²) in [6, 6.07) is 12.0. The van der Waals surface area contributed by atoms with E-state index in [1.165, 1.54) is 0 Å². The molecule has 0 heterocycles. The summed E-state index contributed by atoms with van der Waals surface area (Å²) in [7, 11) is 0. The van der Waals surface area contributed by atoms with Crippen molar-refractivity contribution in [1.29, 1.82) is 0 Å². The Kier molecular flexibility index (Phi) is 4.86. The molecule has 1 atom stereocenters. The highest BCUT2D eigenvalue weighted by molar-refractivity contribution is 5.94. The molecule has 22 heavy (non-hydrogen) atoms. The molecule has 116 valence electrons. The molecule has 0 aromatic heterocycles. The van der Waals surface area contributed by atoms with Gasteiger partial charge in [-0.15, -0.1) is 0 Å². The number of hydrogen-bond acceptors (Lipinski definition) is 2. The van der Waals surface area contributed by atoms with Crippen LogP contribution < -0.4 is 10.1 Å². The summed E-state index contributed by atoms with van der Waals surface area (Å²) in [4.78, 5) is 12.4. The van der Waals surface area contributed by atoms with Gasteiger partial charge in [-0.1, -0.05) is 30.3 Å². The summed E-state index contributed by atoms with van der Waals surface area (Å²) in [6.07, 6.45) is -0.556. The van der Waals surface area contributed by atoms with Gasteiger partial charge >= 0.3 is 0 Å². The zero-order chi connectivity index (χ0) is 16.3. The van der Waals surface area contributed by atoms with Gasteiger partial charge in [-0.3, -0.25) is 4.79 Å². The summed E-state index contributed by atoms with van der Waals surface area (Å²) in [6.45, 7) is 9.72. The number of nitrogens with one attached hydrogen (secondary N) is 1. The van der Waals surface area contributed by atoms with Crippen LogP contribution in [0.3, 0.4) is 0 Å². The molecule has 0 aliphatic carbocycles. The quantitative estimate of drug-likeness (QED) is 0.912. The fourth-order valence-electron chi connectivity index (χ4n) is 2.32. The van der Waals surface area contributed by atoms with E-state index in [2.05, 4.69) is 5.32 Å². The number of aryl methyl sites for hydroxylation is 4. The van der Waals surface area contributed by atoms with Crippen LogP contribution in [-0.2, 0) is 4.79 Å². The minimum absolute atomic E-state index is 0.142. The standard InChI is InChI=1S/C19H23NO2/c1-12-9-10-13(2)17(11-12)20-19(21)16(5)22-18-14(3)7-6-8-15(18)4/h6-11,16H,1-5H3,(H,20,21). The predicted molar refractivity (Wildman–Crippen MR) is 90.6 cm³/mol. The average Bonchev–Trinajstić information content (AvgIpc) is 2.46. The van der Waals surface area contributed by atoms with Crippen molar-refractivity contribution in [3.63, 3.8) is 0 Å². The SMILES string of the molecule is Cc1ccc(C)c(NC(=O)C(C)Oc2c(C)cccc2C)c1. The smallest absolute Gasteiger partial charge is 0.265 e. The largest absolute Gasteiger partial charge is 0.480 e. The van der Waals surface area contributed by atoms with E-state index in [1.54, 1.807) is 6.92 Å². The summed E-state index contributed by atoms with van der Waals surface area (Å²) in [5.74, 6) is 0.641. The molecule has 1 unspecified atom stereocenters. The van der Waals surface area contributed by atoms with Gasteiger partial charge in [0.1, 0.15) is 5.75 Å². The molecule has 0 saturated heterocycles. The van der Waals surface area contributed by atoms with Gasteiger partial charge < -0.3 is 10.1 Å². The lowest BCUT2D eigenvalue weighted by atomic mass is 10.1. The predicted octanol–water partition coefficient (Wildman–Crippen LogP) is 4.33. The molecule has 2 aromatic rings. The number of carbonyl (C=O) groups excluding carboxylic acids is 1. The summed E-state index contributed by atoms with van der Waals surface area (Å²) in [5.41, 5.74) is 5.06. The molecule has 0 spiro atoms. The average molecular weight is 297 g/mol. The molecule has 1 N–H and O–H groups in total. The maximum Gasteiger partial charge on any atom is 0.265 e. The van der Waals surface area contributed by atoms with E-state index in [9.17, 15) is 4.79 Å². The molecule has 0 aliphatic rings. The Balaban J connectivity index is 2.11. The van der Waals surface area contributed by atoms with Crippen LogP contribution in [0.4, 0.5) is 5.69 Å². The zero-order valence-electron chi connectivity index (χ0n) is 13.9. The molecular weight excluding hydrogens is 274 g/mol. The third kappa shape index (κ3) is 3.67. The number of benzene rings is 2. The highest BCUT2D eigenvalue weighted by Gasteiger charge is 2.17. The molecule has 0 bridgehead atoms. The van der Waals surface area contributed by atoms with Crippen LogP contribution in [0.25, 0.3) is 0 Å². The summed E-state index contributed by atoms with van der Waals surface area (Å²) in [5, 5.41) is 2.95. The molecule has 2 rings (SSSR count). The van der Waals surface area contributed by atoms with Crippen molar-refractivity contribution in [2.75, 3.05) is 5.32 Å². The van der Waals surface area contributed by atoms with Gasteiger partial charge in [-0.05, 0) is 62.9 Å². The Hall–Kier alpha value is -2.29. The second kappa shape index (κ2) is 6.65. The van der Waals surface area contributed by atoms with Gasteiger partial charge in [0, 0.05) is 5.69 Å². The van der Waals surface area contributed by atoms with Crippen LogP contribution in [-0.4, -0.2) is 12.0 Å². The molecule has 1 amide bonds. The number of anilines is 1. The minimum atomic E-state index is -0.556. The van der Waals surface area contributed by atoms with Gasteiger partial charge in [0.25, 0.3) is 5.91 Å². The van der Waals surface area contributed by atoms with Crippen molar-refractivity contribution in [3.8, 4) is 5.75 Å². The van der Waals surface area contributed by atoms with Gasteiger partial charge in [-0.25, -0.2) is 0 Å². The molecule has 0 fully saturated rings. The Morgan fingerprint density at radius 3 is 2.27 bits per heavy atom. The van der Waals surface area contributed by atoms with Gasteiger partial charge in [0.2, 0.25) is 0 Å². The number of hydrogen-bond donors (Lipinski definition) is 1. The van der Waals surface area contributed by atoms with Crippen LogP contribution in [0.5, 0.6) is 5.75 Å². The van der Waals surface area contributed by atoms with Crippen LogP contribution >= 0.6 is 0 Å². The monoisotopic (exact) mass is 297 g/mol. The first-order chi connectivity index (χ1) is 10.4. The fraction of sp³-hybridized carbons (Fsp3) is 0.316. The number of ether oxygens (including phenoxy) is 1. The molecular formula is C19H23NO2. The van der Waals surface area contributed by atoms with Crippen LogP contribution in [0.15, 0.2) is 36.4 Å². The minimum Gasteiger partial charge on any atom is -0.480 e. The first-order valence-corrected chi connectivity index (χ1v) is 7.49. The second-order valence-electron chi connectivity index (χ2n) is 5.79. The van der Waals surface area contributed by atoms with Crippen molar-refractivity contribution in [2.24, 2.45) is 0 Å². The highest BCUT2D eigenvalue weighted by atomic mass is 16.5. The Labute approximate surface area is 132 Å². The molecule has 3 nitrogen and oxygen atoms in total.